The largest absolute Gasteiger partial charge is 0.481 e. The SMILES string of the molecule is COc1nc2ccc(Br)cc2cc1[C@@H](c1ccccc1)[C@@](O)(CCN(C)C)c1cccc2ccccc12.NC(=O)c1cnccn1.NNC(=O)c1ccncc1. The summed E-state index contributed by atoms with van der Waals surface area (Å²) >= 11 is 3.60. The molecule has 0 bridgehead atoms. The Morgan fingerprint density at radius 3 is 2.23 bits per heavy atom. The lowest BCUT2D eigenvalue weighted by Gasteiger charge is -2.39. The maximum absolute atomic E-state index is 13.0. The van der Waals surface area contributed by atoms with E-state index in [0.717, 1.165) is 42.8 Å². The van der Waals surface area contributed by atoms with E-state index in [-0.39, 0.29) is 11.6 Å². The fourth-order valence-electron chi connectivity index (χ4n) is 6.32. The van der Waals surface area contributed by atoms with Gasteiger partial charge in [-0.2, -0.15) is 0 Å². The number of nitrogens with zero attached hydrogens (tertiary/aromatic N) is 5. The van der Waals surface area contributed by atoms with Crippen molar-refractivity contribution in [1.82, 2.24) is 30.3 Å². The number of nitrogens with two attached hydrogens (primary N) is 2. The summed E-state index contributed by atoms with van der Waals surface area (Å²) in [6.07, 6.45) is 7.80. The van der Waals surface area contributed by atoms with Crippen LogP contribution in [-0.4, -0.2) is 69.5 Å². The molecule has 6 N–H and O–H groups in total. The molecule has 12 nitrogen and oxygen atoms in total. The first-order valence-corrected chi connectivity index (χ1v) is 18.4. The Hall–Kier alpha value is -6.12. The average Bonchev–Trinajstić information content (AvgIpc) is 3.23. The van der Waals surface area contributed by atoms with Crippen LogP contribution in [0.4, 0.5) is 0 Å². The second-order valence-electron chi connectivity index (χ2n) is 12.9. The number of carbonyl (C=O) groups is 2. The minimum absolute atomic E-state index is 0.192. The highest BCUT2D eigenvalue weighted by Gasteiger charge is 2.43. The zero-order valence-electron chi connectivity index (χ0n) is 31.2. The van der Waals surface area contributed by atoms with Crippen LogP contribution < -0.4 is 21.7 Å². The van der Waals surface area contributed by atoms with Gasteiger partial charge in [-0.05, 0) is 78.8 Å². The molecule has 0 saturated heterocycles. The lowest BCUT2D eigenvalue weighted by atomic mass is 9.70. The second kappa shape index (κ2) is 19.5. The fourth-order valence-corrected chi connectivity index (χ4v) is 6.70. The number of methoxy groups -OCH3 is 1. The van der Waals surface area contributed by atoms with Crippen LogP contribution >= 0.6 is 15.9 Å². The first kappa shape index (κ1) is 41.1. The Labute approximate surface area is 333 Å². The van der Waals surface area contributed by atoms with E-state index in [1.807, 2.05) is 68.1 Å². The summed E-state index contributed by atoms with van der Waals surface area (Å²) in [4.78, 5) is 39.1. The zero-order valence-corrected chi connectivity index (χ0v) is 32.8. The number of aliphatic hydroxyl groups is 1. The van der Waals surface area contributed by atoms with Crippen LogP contribution in [0, 0.1) is 0 Å². The molecule has 286 valence electrons. The van der Waals surface area contributed by atoms with Crippen molar-refractivity contribution in [2.45, 2.75) is 17.9 Å². The van der Waals surface area contributed by atoms with Gasteiger partial charge in [0.15, 0.2) is 0 Å². The summed E-state index contributed by atoms with van der Waals surface area (Å²) in [5, 5.41) is 16.2. The lowest BCUT2D eigenvalue weighted by molar-refractivity contribution is 0.00519. The molecule has 2 atom stereocenters. The van der Waals surface area contributed by atoms with Gasteiger partial charge in [-0.25, -0.2) is 15.8 Å². The highest BCUT2D eigenvalue weighted by atomic mass is 79.9. The van der Waals surface area contributed by atoms with E-state index in [1.54, 1.807) is 19.2 Å². The minimum Gasteiger partial charge on any atom is -0.481 e. The van der Waals surface area contributed by atoms with Crippen LogP contribution in [0.5, 0.6) is 5.88 Å². The number of rotatable bonds is 10. The number of aromatic nitrogens is 4. The van der Waals surface area contributed by atoms with Gasteiger partial charge in [0.2, 0.25) is 5.88 Å². The third-order valence-corrected chi connectivity index (χ3v) is 9.46. The number of amides is 2. The molecule has 3 heterocycles. The average molecular weight is 816 g/mol. The first-order valence-electron chi connectivity index (χ1n) is 17.6. The first-order chi connectivity index (χ1) is 27.0. The molecule has 0 saturated carbocycles. The maximum atomic E-state index is 13.0. The molecular weight excluding hydrogens is 772 g/mol. The molecule has 0 spiro atoms. The summed E-state index contributed by atoms with van der Waals surface area (Å²) in [5.74, 6) is 4.12. The van der Waals surface area contributed by atoms with Crippen molar-refractivity contribution >= 4 is 49.4 Å². The number of nitrogen functional groups attached to an aromatic ring is 1. The Morgan fingerprint density at radius 1 is 0.875 bits per heavy atom. The predicted octanol–water partition coefficient (Wildman–Crippen LogP) is 6.39. The smallest absolute Gasteiger partial charge is 0.268 e. The molecule has 0 radical (unpaired) electrons. The summed E-state index contributed by atoms with van der Waals surface area (Å²) in [6.45, 7) is 0.706. The Morgan fingerprint density at radius 2 is 1.59 bits per heavy atom. The van der Waals surface area contributed by atoms with Gasteiger partial charge in [0, 0.05) is 58.2 Å². The molecule has 13 heteroatoms. The monoisotopic (exact) mass is 814 g/mol. The van der Waals surface area contributed by atoms with Gasteiger partial charge >= 0.3 is 0 Å². The Bertz CT molecular complexity index is 2360. The van der Waals surface area contributed by atoms with Crippen molar-refractivity contribution in [1.29, 1.82) is 0 Å². The van der Waals surface area contributed by atoms with E-state index < -0.39 is 17.4 Å². The van der Waals surface area contributed by atoms with Gasteiger partial charge in [-0.1, -0.05) is 88.7 Å². The fraction of sp³-hybridized carbons (Fsp3) is 0.163. The number of halogens is 1. The summed E-state index contributed by atoms with van der Waals surface area (Å²) in [5.41, 5.74) is 9.95. The molecule has 2 amide bonds. The number of nitrogens with one attached hydrogen (secondary N) is 1. The predicted molar refractivity (Wildman–Crippen MR) is 222 cm³/mol. The van der Waals surface area contributed by atoms with Crippen LogP contribution in [0.1, 0.15) is 49.9 Å². The van der Waals surface area contributed by atoms with Crippen LogP contribution in [0.2, 0.25) is 0 Å². The summed E-state index contributed by atoms with van der Waals surface area (Å²) in [7, 11) is 5.73. The summed E-state index contributed by atoms with van der Waals surface area (Å²) in [6, 6.07) is 36.0. The number of primary amides is 1. The van der Waals surface area contributed by atoms with Gasteiger partial charge < -0.3 is 20.5 Å². The third kappa shape index (κ3) is 10.1. The number of benzene rings is 4. The van der Waals surface area contributed by atoms with Crippen LogP contribution in [0.3, 0.4) is 0 Å². The topological polar surface area (TPSA) is 182 Å². The van der Waals surface area contributed by atoms with Crippen molar-refractivity contribution in [3.63, 3.8) is 0 Å². The van der Waals surface area contributed by atoms with E-state index in [9.17, 15) is 14.7 Å². The highest BCUT2D eigenvalue weighted by molar-refractivity contribution is 9.10. The molecule has 3 aromatic heterocycles. The maximum Gasteiger partial charge on any atom is 0.268 e. The van der Waals surface area contributed by atoms with Crippen LogP contribution in [-0.2, 0) is 5.60 Å². The van der Waals surface area contributed by atoms with Crippen molar-refractivity contribution < 1.29 is 19.4 Å². The molecule has 0 aliphatic carbocycles. The molecule has 56 heavy (non-hydrogen) atoms. The van der Waals surface area contributed by atoms with Gasteiger partial charge in [0.1, 0.15) is 11.3 Å². The highest BCUT2D eigenvalue weighted by Crippen LogP contribution is 2.49. The normalized spacial score (nSPS) is 12.3. The van der Waals surface area contributed by atoms with Crippen molar-refractivity contribution in [2.24, 2.45) is 11.6 Å². The number of fused-ring (bicyclic) bond motifs is 2. The molecule has 0 unspecified atom stereocenters. The van der Waals surface area contributed by atoms with E-state index >= 15 is 0 Å². The number of hydrogen-bond donors (Lipinski definition) is 4. The number of hydrogen-bond acceptors (Lipinski definition) is 10. The van der Waals surface area contributed by atoms with E-state index in [4.69, 9.17) is 21.3 Å². The standard InChI is InChI=1S/C32H31BrN2O2.C6H7N3O.C5H5N3O/c1-35(2)19-18-32(36,28-15-9-13-22-10-7-8-14-26(22)28)30(23-11-5-4-6-12-23)27-21-24-20-25(33)16-17-29(24)34-31(27)37-3;7-9-6(10)5-1-3-8-4-2-5;6-5(9)4-3-7-1-2-8-4/h4-17,20-21,30,36H,18-19H2,1-3H3;1-4H,7H2,(H,9,10);1-3H,(H2,6,9)/t30-,32-;;/m1../s1. The molecule has 7 rings (SSSR count). The number of carbonyl (C=O) groups excluding carboxylic acids is 2. The van der Waals surface area contributed by atoms with Crippen molar-refractivity contribution in [3.8, 4) is 5.88 Å². The lowest BCUT2D eigenvalue weighted by Crippen LogP contribution is -2.38. The molecule has 0 aliphatic rings. The summed E-state index contributed by atoms with van der Waals surface area (Å²) < 4.78 is 6.86. The second-order valence-corrected chi connectivity index (χ2v) is 13.9. The molecule has 0 fully saturated rings. The molecule has 4 aromatic carbocycles. The Kier molecular flexibility index (Phi) is 14.3. The van der Waals surface area contributed by atoms with Gasteiger partial charge in [0.25, 0.3) is 11.8 Å². The third-order valence-electron chi connectivity index (χ3n) is 8.97. The molecule has 0 aliphatic heterocycles. The van der Waals surface area contributed by atoms with Crippen molar-refractivity contribution in [2.75, 3.05) is 27.7 Å². The van der Waals surface area contributed by atoms with Crippen molar-refractivity contribution in [3.05, 3.63) is 173 Å². The molecule has 7 aromatic rings. The van der Waals surface area contributed by atoms with E-state index in [2.05, 4.69) is 84.3 Å². The van der Waals surface area contributed by atoms with E-state index in [1.165, 1.54) is 31.0 Å². The zero-order chi connectivity index (χ0) is 40.1. The number of pyridine rings is 2. The minimum atomic E-state index is -1.25. The van der Waals surface area contributed by atoms with Crippen LogP contribution in [0.25, 0.3) is 21.7 Å². The molecular formula is C43H43BrN8O4. The van der Waals surface area contributed by atoms with Gasteiger partial charge in [-0.3, -0.25) is 25.0 Å². The van der Waals surface area contributed by atoms with Crippen LogP contribution in [0.15, 0.2) is 145 Å². The van der Waals surface area contributed by atoms with E-state index in [0.29, 0.717) is 24.4 Å². The van der Waals surface area contributed by atoms with Gasteiger partial charge in [0.05, 0.1) is 18.8 Å². The number of ether oxygens (including phenoxy) is 1. The number of hydrazine groups is 1. The quantitative estimate of drug-likeness (QED) is 0.0686. The van der Waals surface area contributed by atoms with Gasteiger partial charge in [-0.15, -0.1) is 0 Å². The Balaban J connectivity index is 0.000000257.